The van der Waals surface area contributed by atoms with Crippen LogP contribution in [0.2, 0.25) is 0 Å². The van der Waals surface area contributed by atoms with Gasteiger partial charge in [-0.3, -0.25) is 0 Å². The van der Waals surface area contributed by atoms with Crippen molar-refractivity contribution >= 4 is 0 Å². The molecule has 1 rings (SSSR count). The summed E-state index contributed by atoms with van der Waals surface area (Å²) in [6.45, 7) is 6.32. The predicted molar refractivity (Wildman–Crippen MR) is 45.5 cm³/mol. The minimum atomic E-state index is -0.532. The SMILES string of the molecule is CCC(C)N1CCC(F)CC1. The molecule has 0 spiro atoms. The standard InChI is InChI=1S/C9H18FN/c1-3-8(2)11-6-4-9(10)5-7-11/h8-9H,3-7H2,1-2H3. The van der Waals surface area contributed by atoms with Crippen molar-refractivity contribution in [2.75, 3.05) is 13.1 Å². The van der Waals surface area contributed by atoms with Gasteiger partial charge in [-0.15, -0.1) is 0 Å². The summed E-state index contributed by atoms with van der Waals surface area (Å²) in [4.78, 5) is 2.38. The molecule has 0 aromatic heterocycles. The van der Waals surface area contributed by atoms with Gasteiger partial charge in [-0.2, -0.15) is 0 Å². The Hall–Kier alpha value is -0.110. The first kappa shape index (κ1) is 8.98. The van der Waals surface area contributed by atoms with Gasteiger partial charge in [0.2, 0.25) is 0 Å². The van der Waals surface area contributed by atoms with Crippen LogP contribution in [-0.2, 0) is 0 Å². The number of likely N-dealkylation sites (tertiary alicyclic amines) is 1. The molecule has 1 unspecified atom stereocenters. The van der Waals surface area contributed by atoms with Crippen LogP contribution in [0.1, 0.15) is 33.1 Å². The number of halogens is 1. The maximum Gasteiger partial charge on any atom is 0.103 e. The highest BCUT2D eigenvalue weighted by molar-refractivity contribution is 4.74. The van der Waals surface area contributed by atoms with Crippen LogP contribution in [0.15, 0.2) is 0 Å². The van der Waals surface area contributed by atoms with E-state index in [4.69, 9.17) is 0 Å². The van der Waals surface area contributed by atoms with Crippen LogP contribution in [0.3, 0.4) is 0 Å². The molecule has 1 saturated heterocycles. The van der Waals surface area contributed by atoms with Crippen LogP contribution < -0.4 is 0 Å². The molecule has 1 heterocycles. The molecule has 0 aromatic carbocycles. The molecule has 1 atom stereocenters. The second-order valence-corrected chi connectivity index (χ2v) is 3.47. The Kier molecular flexibility index (Phi) is 3.31. The highest BCUT2D eigenvalue weighted by atomic mass is 19.1. The average Bonchev–Trinajstić information content (AvgIpc) is 2.05. The third kappa shape index (κ3) is 2.44. The number of alkyl halides is 1. The first-order valence-corrected chi connectivity index (χ1v) is 4.62. The van der Waals surface area contributed by atoms with Crippen LogP contribution in [0.25, 0.3) is 0 Å². The summed E-state index contributed by atoms with van der Waals surface area (Å²) in [5.41, 5.74) is 0. The van der Waals surface area contributed by atoms with Gasteiger partial charge < -0.3 is 4.90 Å². The molecule has 0 bridgehead atoms. The van der Waals surface area contributed by atoms with Gasteiger partial charge in [0.1, 0.15) is 6.17 Å². The minimum absolute atomic E-state index is 0.532. The van der Waals surface area contributed by atoms with E-state index in [9.17, 15) is 4.39 Å². The van der Waals surface area contributed by atoms with Crippen LogP contribution in [0, 0.1) is 0 Å². The summed E-state index contributed by atoms with van der Waals surface area (Å²) < 4.78 is 12.7. The third-order valence-corrected chi connectivity index (χ3v) is 2.67. The van der Waals surface area contributed by atoms with Gasteiger partial charge in [0, 0.05) is 19.1 Å². The Morgan fingerprint density at radius 2 is 2.00 bits per heavy atom. The van der Waals surface area contributed by atoms with Crippen molar-refractivity contribution in [3.8, 4) is 0 Å². The first-order valence-electron chi connectivity index (χ1n) is 4.62. The first-order chi connectivity index (χ1) is 5.24. The molecule has 66 valence electrons. The van der Waals surface area contributed by atoms with Crippen molar-refractivity contribution in [1.29, 1.82) is 0 Å². The molecule has 0 saturated carbocycles. The van der Waals surface area contributed by atoms with E-state index in [1.165, 1.54) is 6.42 Å². The smallest absolute Gasteiger partial charge is 0.103 e. The predicted octanol–water partition coefficient (Wildman–Crippen LogP) is 2.22. The molecule has 1 aliphatic heterocycles. The van der Waals surface area contributed by atoms with Gasteiger partial charge in [-0.25, -0.2) is 4.39 Å². The zero-order valence-electron chi connectivity index (χ0n) is 7.52. The molecule has 0 aliphatic carbocycles. The summed E-state index contributed by atoms with van der Waals surface area (Å²) in [7, 11) is 0. The molecule has 0 amide bonds. The number of hydrogen-bond donors (Lipinski definition) is 0. The summed E-state index contributed by atoms with van der Waals surface area (Å²) in [5, 5.41) is 0. The van der Waals surface area contributed by atoms with Crippen molar-refractivity contribution in [2.45, 2.75) is 45.3 Å². The zero-order chi connectivity index (χ0) is 8.27. The van der Waals surface area contributed by atoms with Crippen LogP contribution >= 0.6 is 0 Å². The zero-order valence-corrected chi connectivity index (χ0v) is 7.52. The fraction of sp³-hybridized carbons (Fsp3) is 1.00. The number of rotatable bonds is 2. The molecule has 0 aromatic rings. The molecule has 1 aliphatic rings. The van der Waals surface area contributed by atoms with Gasteiger partial charge in [0.25, 0.3) is 0 Å². The molecule has 2 heteroatoms. The lowest BCUT2D eigenvalue weighted by atomic mass is 10.1. The monoisotopic (exact) mass is 159 g/mol. The highest BCUT2D eigenvalue weighted by Gasteiger charge is 2.20. The van der Waals surface area contributed by atoms with Crippen LogP contribution in [0.4, 0.5) is 4.39 Å². The Morgan fingerprint density at radius 3 is 2.45 bits per heavy atom. The number of piperidine rings is 1. The fourth-order valence-electron chi connectivity index (χ4n) is 1.57. The Labute approximate surface area is 68.6 Å². The van der Waals surface area contributed by atoms with Crippen molar-refractivity contribution in [1.82, 2.24) is 4.90 Å². The van der Waals surface area contributed by atoms with Gasteiger partial charge >= 0.3 is 0 Å². The topological polar surface area (TPSA) is 3.24 Å². The summed E-state index contributed by atoms with van der Waals surface area (Å²) >= 11 is 0. The van der Waals surface area contributed by atoms with E-state index < -0.39 is 6.17 Å². The molecule has 1 fully saturated rings. The molecule has 11 heavy (non-hydrogen) atoms. The van der Waals surface area contributed by atoms with Gasteiger partial charge in [0.05, 0.1) is 0 Å². The van der Waals surface area contributed by atoms with Crippen LogP contribution in [0.5, 0.6) is 0 Å². The van der Waals surface area contributed by atoms with E-state index in [-0.39, 0.29) is 0 Å². The second-order valence-electron chi connectivity index (χ2n) is 3.47. The second kappa shape index (κ2) is 4.05. The quantitative estimate of drug-likeness (QED) is 0.597. The molecule has 1 nitrogen and oxygen atoms in total. The Bertz CT molecular complexity index is 108. The maximum atomic E-state index is 12.7. The van der Waals surface area contributed by atoms with Crippen molar-refractivity contribution in [3.63, 3.8) is 0 Å². The van der Waals surface area contributed by atoms with Gasteiger partial charge in [0.15, 0.2) is 0 Å². The summed E-state index contributed by atoms with van der Waals surface area (Å²) in [5.74, 6) is 0. The van der Waals surface area contributed by atoms with E-state index in [0.717, 1.165) is 25.9 Å². The largest absolute Gasteiger partial charge is 0.300 e. The van der Waals surface area contributed by atoms with Gasteiger partial charge in [-0.05, 0) is 26.2 Å². The van der Waals surface area contributed by atoms with E-state index in [0.29, 0.717) is 6.04 Å². The van der Waals surface area contributed by atoms with Crippen molar-refractivity contribution in [3.05, 3.63) is 0 Å². The lowest BCUT2D eigenvalue weighted by molar-refractivity contribution is 0.116. The maximum absolute atomic E-state index is 12.7. The van der Waals surface area contributed by atoms with E-state index in [1.807, 2.05) is 0 Å². The lowest BCUT2D eigenvalue weighted by Crippen LogP contribution is -2.40. The van der Waals surface area contributed by atoms with E-state index in [2.05, 4.69) is 18.7 Å². The lowest BCUT2D eigenvalue weighted by Gasteiger charge is -2.33. The molecule has 0 N–H and O–H groups in total. The number of nitrogens with zero attached hydrogens (tertiary/aromatic N) is 1. The van der Waals surface area contributed by atoms with Crippen molar-refractivity contribution < 1.29 is 4.39 Å². The molecular weight excluding hydrogens is 141 g/mol. The van der Waals surface area contributed by atoms with Gasteiger partial charge in [-0.1, -0.05) is 6.92 Å². The van der Waals surface area contributed by atoms with Crippen LogP contribution in [-0.4, -0.2) is 30.2 Å². The fourth-order valence-corrected chi connectivity index (χ4v) is 1.57. The highest BCUT2D eigenvalue weighted by Crippen LogP contribution is 2.16. The minimum Gasteiger partial charge on any atom is -0.300 e. The number of hydrogen-bond acceptors (Lipinski definition) is 1. The normalized spacial score (nSPS) is 25.4. The van der Waals surface area contributed by atoms with E-state index >= 15 is 0 Å². The van der Waals surface area contributed by atoms with Crippen molar-refractivity contribution in [2.24, 2.45) is 0 Å². The Morgan fingerprint density at radius 1 is 1.45 bits per heavy atom. The third-order valence-electron chi connectivity index (χ3n) is 2.67. The summed E-state index contributed by atoms with van der Waals surface area (Å²) in [6, 6.07) is 0.641. The van der Waals surface area contributed by atoms with E-state index in [1.54, 1.807) is 0 Å². The summed E-state index contributed by atoms with van der Waals surface area (Å²) in [6.07, 6.45) is 2.13. The Balaban J connectivity index is 2.27. The average molecular weight is 159 g/mol. The molecular formula is C9H18FN. The molecule has 0 radical (unpaired) electrons.